The summed E-state index contributed by atoms with van der Waals surface area (Å²) in [7, 11) is 0. The lowest BCUT2D eigenvalue weighted by molar-refractivity contribution is 0.102. The quantitative estimate of drug-likeness (QED) is 0.414. The Kier molecular flexibility index (Phi) is 6.28. The smallest absolute Gasteiger partial charge is 0.277 e. The first-order valence-electron chi connectivity index (χ1n) is 8.52. The average Bonchev–Trinajstić information content (AvgIpc) is 2.70. The second-order valence-corrected chi connectivity index (χ2v) is 6.66. The molecule has 0 unspecified atom stereocenters. The maximum atomic E-state index is 12.4. The van der Waals surface area contributed by atoms with Gasteiger partial charge in [-0.15, -0.1) is 0 Å². The molecule has 0 radical (unpaired) electrons. The first-order chi connectivity index (χ1) is 13.6. The fraction of sp³-hybridized carbons (Fsp3) is 0.158. The highest BCUT2D eigenvalue weighted by Gasteiger charge is 2.14. The number of hydrogen-bond donors (Lipinski definition) is 3. The first-order valence-corrected chi connectivity index (χ1v) is 9.51. The maximum absolute atomic E-state index is 12.4. The Balaban J connectivity index is 1.70. The van der Waals surface area contributed by atoms with Crippen LogP contribution in [0, 0.1) is 0 Å². The number of aromatic nitrogens is 3. The van der Waals surface area contributed by atoms with E-state index < -0.39 is 11.5 Å². The van der Waals surface area contributed by atoms with Crippen LogP contribution in [0.15, 0.2) is 58.7 Å². The molecule has 0 saturated carbocycles. The molecule has 0 aliphatic rings. The number of benzene rings is 1. The van der Waals surface area contributed by atoms with Crippen molar-refractivity contribution in [1.29, 1.82) is 0 Å². The number of nitrogen functional groups attached to an aromatic ring is 1. The number of thioether (sulfide) groups is 1. The summed E-state index contributed by atoms with van der Waals surface area (Å²) >= 11 is 1.32. The van der Waals surface area contributed by atoms with Crippen molar-refractivity contribution in [3.63, 3.8) is 0 Å². The zero-order chi connectivity index (χ0) is 19.9. The lowest BCUT2D eigenvalue weighted by Crippen LogP contribution is -2.23. The number of aromatic amines is 1. The molecule has 144 valence electrons. The van der Waals surface area contributed by atoms with Gasteiger partial charge in [0.1, 0.15) is 11.4 Å². The lowest BCUT2D eigenvalue weighted by Gasteiger charge is -2.09. The van der Waals surface area contributed by atoms with Crippen molar-refractivity contribution in [2.45, 2.75) is 17.8 Å². The molecule has 3 aromatic rings. The van der Waals surface area contributed by atoms with E-state index in [2.05, 4.69) is 20.3 Å². The highest BCUT2D eigenvalue weighted by atomic mass is 32.2. The standard InChI is InChI=1S/C19H19N5O3S/c1-2-27-14-7-5-13(6-8-14)17(25)22-15-16(20)23-19(24-18(15)26)28-11-12-4-3-9-21-10-12/h3-10H,2,11H2,1H3,(H,22,25)(H3,20,23,24,26). The van der Waals surface area contributed by atoms with E-state index in [9.17, 15) is 9.59 Å². The van der Waals surface area contributed by atoms with Crippen LogP contribution in [0.1, 0.15) is 22.8 Å². The molecular weight excluding hydrogens is 378 g/mol. The Hall–Kier alpha value is -3.33. The van der Waals surface area contributed by atoms with Gasteiger partial charge in [-0.25, -0.2) is 4.98 Å². The second kappa shape index (κ2) is 9.05. The summed E-state index contributed by atoms with van der Waals surface area (Å²) in [6.45, 7) is 2.41. The molecule has 2 heterocycles. The van der Waals surface area contributed by atoms with Crippen LogP contribution in [0.4, 0.5) is 11.5 Å². The van der Waals surface area contributed by atoms with Gasteiger partial charge < -0.3 is 15.8 Å². The monoisotopic (exact) mass is 397 g/mol. The number of ether oxygens (including phenoxy) is 1. The highest BCUT2D eigenvalue weighted by Crippen LogP contribution is 2.21. The molecule has 8 nitrogen and oxygen atoms in total. The number of hydrogen-bond acceptors (Lipinski definition) is 7. The summed E-state index contributed by atoms with van der Waals surface area (Å²) < 4.78 is 5.34. The van der Waals surface area contributed by atoms with Crippen molar-refractivity contribution in [2.24, 2.45) is 0 Å². The van der Waals surface area contributed by atoms with Crippen molar-refractivity contribution in [2.75, 3.05) is 17.7 Å². The molecule has 1 amide bonds. The van der Waals surface area contributed by atoms with Crippen molar-refractivity contribution in [1.82, 2.24) is 15.0 Å². The van der Waals surface area contributed by atoms with E-state index in [1.807, 2.05) is 19.1 Å². The Morgan fingerprint density at radius 1 is 1.29 bits per heavy atom. The Morgan fingerprint density at radius 2 is 2.07 bits per heavy atom. The minimum absolute atomic E-state index is 0.0447. The van der Waals surface area contributed by atoms with Gasteiger partial charge in [0, 0.05) is 23.7 Å². The van der Waals surface area contributed by atoms with Crippen molar-refractivity contribution in [3.8, 4) is 5.75 Å². The van der Waals surface area contributed by atoms with Gasteiger partial charge in [-0.2, -0.15) is 0 Å². The summed E-state index contributed by atoms with van der Waals surface area (Å²) in [5.74, 6) is 0.733. The van der Waals surface area contributed by atoms with E-state index >= 15 is 0 Å². The van der Waals surface area contributed by atoms with Crippen LogP contribution in [-0.4, -0.2) is 27.5 Å². The largest absolute Gasteiger partial charge is 0.494 e. The van der Waals surface area contributed by atoms with Gasteiger partial charge >= 0.3 is 0 Å². The number of carbonyl (C=O) groups is 1. The predicted molar refractivity (Wildman–Crippen MR) is 109 cm³/mol. The van der Waals surface area contributed by atoms with E-state index in [4.69, 9.17) is 10.5 Å². The summed E-state index contributed by atoms with van der Waals surface area (Å²) in [5, 5.41) is 2.88. The molecule has 0 bridgehead atoms. The van der Waals surface area contributed by atoms with Crippen LogP contribution < -0.4 is 21.3 Å². The van der Waals surface area contributed by atoms with Crippen molar-refractivity contribution >= 4 is 29.2 Å². The van der Waals surface area contributed by atoms with E-state index in [-0.39, 0.29) is 11.5 Å². The Labute approximate surface area is 165 Å². The van der Waals surface area contributed by atoms with Crippen LogP contribution in [0.25, 0.3) is 0 Å². The number of rotatable bonds is 7. The van der Waals surface area contributed by atoms with Crippen molar-refractivity contribution in [3.05, 3.63) is 70.3 Å². The summed E-state index contributed by atoms with van der Waals surface area (Å²) in [5.41, 5.74) is 6.66. The van der Waals surface area contributed by atoms with E-state index in [0.29, 0.717) is 28.8 Å². The van der Waals surface area contributed by atoms with Gasteiger partial charge in [0.25, 0.3) is 11.5 Å². The molecule has 0 spiro atoms. The van der Waals surface area contributed by atoms with Gasteiger partial charge in [-0.3, -0.25) is 19.6 Å². The third kappa shape index (κ3) is 4.89. The number of carbonyl (C=O) groups excluding carboxylic acids is 1. The van der Waals surface area contributed by atoms with Gasteiger partial charge in [0.15, 0.2) is 11.0 Å². The molecule has 3 rings (SSSR count). The Morgan fingerprint density at radius 3 is 2.71 bits per heavy atom. The van der Waals surface area contributed by atoms with Gasteiger partial charge in [0.05, 0.1) is 6.61 Å². The second-order valence-electron chi connectivity index (χ2n) is 5.69. The molecule has 0 saturated heterocycles. The fourth-order valence-corrected chi connectivity index (χ4v) is 3.15. The number of pyridine rings is 1. The molecular formula is C19H19N5O3S. The van der Waals surface area contributed by atoms with Crippen LogP contribution >= 0.6 is 11.8 Å². The SMILES string of the molecule is CCOc1ccc(C(=O)Nc2c(N)nc(SCc3cccnc3)[nH]c2=O)cc1. The minimum Gasteiger partial charge on any atom is -0.494 e. The molecule has 0 atom stereocenters. The summed E-state index contributed by atoms with van der Waals surface area (Å²) in [4.78, 5) is 35.6. The number of nitrogens with one attached hydrogen (secondary N) is 2. The molecule has 1 aromatic carbocycles. The van der Waals surface area contributed by atoms with E-state index in [1.54, 1.807) is 36.7 Å². The third-order valence-electron chi connectivity index (χ3n) is 3.69. The molecule has 0 aliphatic carbocycles. The van der Waals surface area contributed by atoms with Gasteiger partial charge in [-0.05, 0) is 42.8 Å². The number of amides is 1. The highest BCUT2D eigenvalue weighted by molar-refractivity contribution is 7.98. The number of nitrogens with zero attached hydrogens (tertiary/aromatic N) is 2. The molecule has 9 heteroatoms. The van der Waals surface area contributed by atoms with Crippen molar-refractivity contribution < 1.29 is 9.53 Å². The normalized spacial score (nSPS) is 10.5. The molecule has 0 aliphatic heterocycles. The minimum atomic E-state index is -0.513. The Bertz CT molecular complexity index is 1010. The molecule has 4 N–H and O–H groups in total. The number of H-pyrrole nitrogens is 1. The number of anilines is 2. The first kappa shape index (κ1) is 19.4. The molecule has 28 heavy (non-hydrogen) atoms. The number of nitrogens with two attached hydrogens (primary N) is 1. The molecule has 0 fully saturated rings. The third-order valence-corrected chi connectivity index (χ3v) is 4.63. The van der Waals surface area contributed by atoms with Gasteiger partial charge in [0.2, 0.25) is 0 Å². The van der Waals surface area contributed by atoms with E-state index in [0.717, 1.165) is 5.56 Å². The van der Waals surface area contributed by atoms with Crippen LogP contribution in [0.2, 0.25) is 0 Å². The summed E-state index contributed by atoms with van der Waals surface area (Å²) in [6, 6.07) is 10.3. The average molecular weight is 397 g/mol. The van der Waals surface area contributed by atoms with Gasteiger partial charge in [-0.1, -0.05) is 17.8 Å². The van der Waals surface area contributed by atoms with E-state index in [1.165, 1.54) is 11.8 Å². The molecule has 2 aromatic heterocycles. The fourth-order valence-electron chi connectivity index (χ4n) is 2.35. The zero-order valence-electron chi connectivity index (χ0n) is 15.1. The predicted octanol–water partition coefficient (Wildman–Crippen LogP) is 2.69. The van der Waals surface area contributed by atoms with Crippen LogP contribution in [0.5, 0.6) is 5.75 Å². The topological polar surface area (TPSA) is 123 Å². The summed E-state index contributed by atoms with van der Waals surface area (Å²) in [6.07, 6.45) is 3.42. The maximum Gasteiger partial charge on any atom is 0.277 e. The lowest BCUT2D eigenvalue weighted by atomic mass is 10.2. The van der Waals surface area contributed by atoms with Crippen LogP contribution in [-0.2, 0) is 5.75 Å². The van der Waals surface area contributed by atoms with Crippen LogP contribution in [0.3, 0.4) is 0 Å². The zero-order valence-corrected chi connectivity index (χ0v) is 16.0.